The van der Waals surface area contributed by atoms with Crippen molar-refractivity contribution in [1.82, 2.24) is 0 Å². The summed E-state index contributed by atoms with van der Waals surface area (Å²) in [6.45, 7) is 3.66. The van der Waals surface area contributed by atoms with Gasteiger partial charge in [-0.25, -0.2) is 4.39 Å². The molecule has 0 aliphatic carbocycles. The first kappa shape index (κ1) is 12.3. The molecule has 0 saturated carbocycles. The fourth-order valence-corrected chi connectivity index (χ4v) is 2.05. The highest BCUT2D eigenvalue weighted by Crippen LogP contribution is 2.19. The van der Waals surface area contributed by atoms with Crippen LogP contribution in [0.1, 0.15) is 12.8 Å². The number of hydrogen-bond donors (Lipinski definition) is 1. The molecule has 0 saturated heterocycles. The van der Waals surface area contributed by atoms with E-state index in [1.165, 1.54) is 12.1 Å². The lowest BCUT2D eigenvalue weighted by molar-refractivity contribution is 0.626. The molecule has 0 bridgehead atoms. The third-order valence-electron chi connectivity index (χ3n) is 2.02. The Bertz CT molecular complexity index is 297. The van der Waals surface area contributed by atoms with Crippen LogP contribution in [-0.2, 0) is 0 Å². The zero-order chi connectivity index (χ0) is 11.1. The molecule has 1 aromatic rings. The van der Waals surface area contributed by atoms with Gasteiger partial charge in [-0.05, 0) is 37.1 Å². The van der Waals surface area contributed by atoms with Gasteiger partial charge in [-0.15, -0.1) is 18.3 Å². The highest BCUT2D eigenvalue weighted by molar-refractivity contribution is 7.99. The molecule has 1 nitrogen and oxygen atoms in total. The van der Waals surface area contributed by atoms with Gasteiger partial charge in [0.25, 0.3) is 0 Å². The molecule has 1 rings (SSSR count). The van der Waals surface area contributed by atoms with Gasteiger partial charge in [0.1, 0.15) is 5.82 Å². The lowest BCUT2D eigenvalue weighted by Crippen LogP contribution is -2.22. The van der Waals surface area contributed by atoms with Gasteiger partial charge in [0.15, 0.2) is 0 Å². The maximum Gasteiger partial charge on any atom is 0.123 e. The smallest absolute Gasteiger partial charge is 0.123 e. The van der Waals surface area contributed by atoms with E-state index in [9.17, 15) is 4.39 Å². The maximum atomic E-state index is 12.6. The normalized spacial score (nSPS) is 12.4. The quantitative estimate of drug-likeness (QED) is 0.594. The van der Waals surface area contributed by atoms with Crippen LogP contribution in [-0.4, -0.2) is 11.8 Å². The molecule has 0 amide bonds. The lowest BCUT2D eigenvalue weighted by Gasteiger charge is -2.09. The minimum Gasteiger partial charge on any atom is -0.327 e. The van der Waals surface area contributed by atoms with E-state index in [2.05, 4.69) is 6.58 Å². The van der Waals surface area contributed by atoms with Gasteiger partial charge in [0.05, 0.1) is 0 Å². The molecule has 2 N–H and O–H groups in total. The summed E-state index contributed by atoms with van der Waals surface area (Å²) in [7, 11) is 0. The molecule has 3 heteroatoms. The average Bonchev–Trinajstić information content (AvgIpc) is 2.25. The Morgan fingerprint density at radius 1 is 1.40 bits per heavy atom. The molecule has 15 heavy (non-hydrogen) atoms. The van der Waals surface area contributed by atoms with Gasteiger partial charge in [-0.3, -0.25) is 0 Å². The first-order valence-corrected chi connectivity index (χ1v) is 5.96. The second-order valence-electron chi connectivity index (χ2n) is 3.39. The predicted octanol–water partition coefficient (Wildman–Crippen LogP) is 3.21. The third-order valence-corrected chi connectivity index (χ3v) is 3.22. The summed E-state index contributed by atoms with van der Waals surface area (Å²) in [6, 6.07) is 6.67. The Labute approximate surface area is 94.6 Å². The van der Waals surface area contributed by atoms with Crippen LogP contribution in [0.2, 0.25) is 0 Å². The van der Waals surface area contributed by atoms with Crippen molar-refractivity contribution in [3.63, 3.8) is 0 Å². The summed E-state index contributed by atoms with van der Waals surface area (Å²) >= 11 is 1.66. The SMILES string of the molecule is C=CCCC(N)CSc1ccc(F)cc1. The molecule has 0 aromatic heterocycles. The molecule has 0 spiro atoms. The average molecular weight is 225 g/mol. The molecule has 0 heterocycles. The van der Waals surface area contributed by atoms with Crippen LogP contribution < -0.4 is 5.73 Å². The lowest BCUT2D eigenvalue weighted by atomic mass is 10.2. The fraction of sp³-hybridized carbons (Fsp3) is 0.333. The van der Waals surface area contributed by atoms with Gasteiger partial charge in [0.2, 0.25) is 0 Å². The van der Waals surface area contributed by atoms with E-state index >= 15 is 0 Å². The molecule has 1 atom stereocenters. The van der Waals surface area contributed by atoms with Gasteiger partial charge < -0.3 is 5.73 Å². The Hall–Kier alpha value is -0.800. The number of hydrogen-bond acceptors (Lipinski definition) is 2. The van der Waals surface area contributed by atoms with Gasteiger partial charge >= 0.3 is 0 Å². The fourth-order valence-electron chi connectivity index (χ4n) is 1.15. The maximum absolute atomic E-state index is 12.6. The molecule has 1 unspecified atom stereocenters. The summed E-state index contributed by atoms with van der Waals surface area (Å²) in [5, 5.41) is 0. The predicted molar refractivity (Wildman–Crippen MR) is 64.5 cm³/mol. The number of nitrogens with two attached hydrogens (primary N) is 1. The second-order valence-corrected chi connectivity index (χ2v) is 4.48. The molecular formula is C12H16FNS. The van der Waals surface area contributed by atoms with Crippen LogP contribution in [0.25, 0.3) is 0 Å². The van der Waals surface area contributed by atoms with Crippen molar-refractivity contribution in [1.29, 1.82) is 0 Å². The zero-order valence-electron chi connectivity index (χ0n) is 8.66. The highest BCUT2D eigenvalue weighted by atomic mass is 32.2. The summed E-state index contributed by atoms with van der Waals surface area (Å²) in [4.78, 5) is 1.06. The molecule has 1 aromatic carbocycles. The summed E-state index contributed by atoms with van der Waals surface area (Å²) in [5.74, 6) is 0.662. The monoisotopic (exact) mass is 225 g/mol. The highest BCUT2D eigenvalue weighted by Gasteiger charge is 2.02. The topological polar surface area (TPSA) is 26.0 Å². The number of rotatable bonds is 6. The van der Waals surface area contributed by atoms with E-state index in [-0.39, 0.29) is 11.9 Å². The van der Waals surface area contributed by atoms with E-state index in [0.29, 0.717) is 0 Å². The van der Waals surface area contributed by atoms with Gasteiger partial charge in [-0.2, -0.15) is 0 Å². The van der Waals surface area contributed by atoms with E-state index in [0.717, 1.165) is 23.5 Å². The standard InChI is InChI=1S/C12H16FNS/c1-2-3-4-11(14)9-15-12-7-5-10(13)6-8-12/h2,5-8,11H,1,3-4,9,14H2. The molecule has 0 aliphatic rings. The Morgan fingerprint density at radius 2 is 2.07 bits per heavy atom. The van der Waals surface area contributed by atoms with Crippen molar-refractivity contribution in [3.05, 3.63) is 42.7 Å². The Kier molecular flexibility index (Phi) is 5.43. The van der Waals surface area contributed by atoms with Crippen molar-refractivity contribution in [2.75, 3.05) is 5.75 Å². The van der Waals surface area contributed by atoms with Crippen LogP contribution >= 0.6 is 11.8 Å². The van der Waals surface area contributed by atoms with Crippen LogP contribution in [0.5, 0.6) is 0 Å². The van der Waals surface area contributed by atoms with E-state index < -0.39 is 0 Å². The number of benzene rings is 1. The Balaban J connectivity index is 2.30. The summed E-state index contributed by atoms with van der Waals surface area (Å²) in [5.41, 5.74) is 5.89. The van der Waals surface area contributed by atoms with Crippen molar-refractivity contribution >= 4 is 11.8 Å². The number of halogens is 1. The van der Waals surface area contributed by atoms with Crippen molar-refractivity contribution in [2.24, 2.45) is 5.73 Å². The largest absolute Gasteiger partial charge is 0.327 e. The minimum absolute atomic E-state index is 0.179. The van der Waals surface area contributed by atoms with Gasteiger partial charge in [0, 0.05) is 16.7 Å². The van der Waals surface area contributed by atoms with E-state index in [1.807, 2.05) is 6.08 Å². The molecule has 0 fully saturated rings. The molecular weight excluding hydrogens is 209 g/mol. The van der Waals surface area contributed by atoms with Crippen LogP contribution in [0.4, 0.5) is 4.39 Å². The van der Waals surface area contributed by atoms with E-state index in [1.54, 1.807) is 23.9 Å². The second kappa shape index (κ2) is 6.64. The molecule has 82 valence electrons. The van der Waals surface area contributed by atoms with Crippen molar-refractivity contribution in [2.45, 2.75) is 23.8 Å². The van der Waals surface area contributed by atoms with Gasteiger partial charge in [-0.1, -0.05) is 6.08 Å². The summed E-state index contributed by atoms with van der Waals surface area (Å²) in [6.07, 6.45) is 3.78. The first-order chi connectivity index (χ1) is 7.22. The molecule has 0 radical (unpaired) electrons. The van der Waals surface area contributed by atoms with Crippen LogP contribution in [0.3, 0.4) is 0 Å². The van der Waals surface area contributed by atoms with Crippen molar-refractivity contribution < 1.29 is 4.39 Å². The van der Waals surface area contributed by atoms with Crippen molar-refractivity contribution in [3.8, 4) is 0 Å². The summed E-state index contributed by atoms with van der Waals surface area (Å²) < 4.78 is 12.6. The van der Waals surface area contributed by atoms with E-state index in [4.69, 9.17) is 5.73 Å². The number of allylic oxidation sites excluding steroid dienone is 1. The van der Waals surface area contributed by atoms with Crippen LogP contribution in [0.15, 0.2) is 41.8 Å². The third kappa shape index (κ3) is 5.00. The Morgan fingerprint density at radius 3 is 2.67 bits per heavy atom. The van der Waals surface area contributed by atoms with Crippen LogP contribution in [0, 0.1) is 5.82 Å². The first-order valence-electron chi connectivity index (χ1n) is 4.97. The molecule has 0 aliphatic heterocycles. The minimum atomic E-state index is -0.199. The number of thioether (sulfide) groups is 1. The zero-order valence-corrected chi connectivity index (χ0v) is 9.47.